The van der Waals surface area contributed by atoms with Crippen molar-refractivity contribution in [2.45, 2.75) is 78.4 Å². The number of hydrogen-bond acceptors (Lipinski definition) is 6. The van der Waals surface area contributed by atoms with Crippen molar-refractivity contribution in [3.63, 3.8) is 0 Å². The first-order valence-electron chi connectivity index (χ1n) is 11.5. The average molecular weight is 461 g/mol. The number of aryl methyl sites for hydroxylation is 1. The Bertz CT molecular complexity index is 894. The van der Waals surface area contributed by atoms with Gasteiger partial charge in [-0.1, -0.05) is 24.1 Å². The van der Waals surface area contributed by atoms with E-state index >= 15 is 0 Å². The molecule has 0 bridgehead atoms. The highest BCUT2D eigenvalue weighted by molar-refractivity contribution is 5.83. The molecule has 6 heteroatoms. The van der Waals surface area contributed by atoms with Crippen molar-refractivity contribution in [1.29, 1.82) is 0 Å². The second-order valence-electron chi connectivity index (χ2n) is 9.76. The SMILES string of the molecule is COC1CC(C)(CCC=C(C)C)C(C=COC(=O)C=C(C)C)c2cc(C)oc2C1(CO)OC. The van der Waals surface area contributed by atoms with Crippen LogP contribution in [0.25, 0.3) is 0 Å². The van der Waals surface area contributed by atoms with Crippen molar-refractivity contribution in [2.75, 3.05) is 20.8 Å². The number of hydrogen-bond donors (Lipinski definition) is 1. The molecule has 1 aliphatic rings. The molecule has 4 unspecified atom stereocenters. The van der Waals surface area contributed by atoms with Crippen LogP contribution in [0, 0.1) is 12.3 Å². The Labute approximate surface area is 198 Å². The number of carbonyl (C=O) groups is 1. The summed E-state index contributed by atoms with van der Waals surface area (Å²) in [6, 6.07) is 1.99. The molecule has 1 aromatic heterocycles. The number of fused-ring (bicyclic) bond motifs is 1. The average Bonchev–Trinajstić information content (AvgIpc) is 3.09. The van der Waals surface area contributed by atoms with Crippen molar-refractivity contribution in [1.82, 2.24) is 0 Å². The first-order chi connectivity index (χ1) is 15.5. The molecule has 0 fully saturated rings. The lowest BCUT2D eigenvalue weighted by Gasteiger charge is -2.39. The number of rotatable bonds is 9. The molecule has 1 N–H and O–H groups in total. The fourth-order valence-electron chi connectivity index (χ4n) is 4.81. The number of ether oxygens (including phenoxy) is 3. The van der Waals surface area contributed by atoms with Crippen molar-refractivity contribution >= 4 is 5.97 Å². The predicted octanol–water partition coefficient (Wildman–Crippen LogP) is 5.70. The molecule has 33 heavy (non-hydrogen) atoms. The summed E-state index contributed by atoms with van der Waals surface area (Å²) in [5.41, 5.74) is 1.64. The van der Waals surface area contributed by atoms with E-state index in [-0.39, 0.29) is 17.9 Å². The van der Waals surface area contributed by atoms with Crippen LogP contribution in [0.3, 0.4) is 0 Å². The van der Waals surface area contributed by atoms with Gasteiger partial charge < -0.3 is 23.7 Å². The maximum absolute atomic E-state index is 12.1. The van der Waals surface area contributed by atoms with Gasteiger partial charge in [0.25, 0.3) is 0 Å². The Hall–Kier alpha value is -2.15. The Morgan fingerprint density at radius 2 is 1.94 bits per heavy atom. The molecule has 4 atom stereocenters. The molecule has 0 saturated carbocycles. The first kappa shape index (κ1) is 27.1. The van der Waals surface area contributed by atoms with Crippen LogP contribution < -0.4 is 0 Å². The zero-order chi connectivity index (χ0) is 24.8. The zero-order valence-corrected chi connectivity index (χ0v) is 21.4. The second-order valence-corrected chi connectivity index (χ2v) is 9.76. The smallest absolute Gasteiger partial charge is 0.335 e. The third-order valence-corrected chi connectivity index (χ3v) is 6.54. The van der Waals surface area contributed by atoms with Crippen LogP contribution >= 0.6 is 0 Å². The van der Waals surface area contributed by atoms with Crippen LogP contribution in [0.2, 0.25) is 0 Å². The molecular formula is C27H40O6. The van der Waals surface area contributed by atoms with Gasteiger partial charge in [-0.05, 0) is 71.4 Å². The summed E-state index contributed by atoms with van der Waals surface area (Å²) >= 11 is 0. The molecule has 0 spiro atoms. The largest absolute Gasteiger partial charge is 0.463 e. The molecule has 0 aromatic carbocycles. The van der Waals surface area contributed by atoms with Crippen LogP contribution in [0.15, 0.2) is 46.1 Å². The van der Waals surface area contributed by atoms with E-state index in [0.717, 1.165) is 29.7 Å². The normalized spacial score (nSPS) is 27.1. The molecule has 6 nitrogen and oxygen atoms in total. The van der Waals surface area contributed by atoms with Crippen molar-refractivity contribution < 1.29 is 28.5 Å². The molecule has 0 amide bonds. The van der Waals surface area contributed by atoms with Crippen LogP contribution in [0.5, 0.6) is 0 Å². The third kappa shape index (κ3) is 6.05. The molecule has 0 radical (unpaired) electrons. The minimum absolute atomic E-state index is 0.142. The number of furan rings is 1. The van der Waals surface area contributed by atoms with E-state index in [1.54, 1.807) is 14.2 Å². The lowest BCUT2D eigenvalue weighted by Crippen LogP contribution is -2.46. The fourth-order valence-corrected chi connectivity index (χ4v) is 4.81. The van der Waals surface area contributed by atoms with E-state index < -0.39 is 17.7 Å². The minimum Gasteiger partial charge on any atom is -0.463 e. The molecule has 0 saturated heterocycles. The molecule has 1 aromatic rings. The summed E-state index contributed by atoms with van der Waals surface area (Å²) in [6.45, 7) is 11.7. The highest BCUT2D eigenvalue weighted by Crippen LogP contribution is 2.54. The molecule has 0 aliphatic heterocycles. The summed E-state index contributed by atoms with van der Waals surface area (Å²) in [7, 11) is 3.21. The van der Waals surface area contributed by atoms with Crippen LogP contribution in [-0.4, -0.2) is 38.0 Å². The Kier molecular flexibility index (Phi) is 9.29. The quantitative estimate of drug-likeness (QED) is 0.167. The number of methoxy groups -OCH3 is 2. The zero-order valence-electron chi connectivity index (χ0n) is 21.4. The fraction of sp³-hybridized carbons (Fsp3) is 0.593. The van der Waals surface area contributed by atoms with Crippen LogP contribution in [0.4, 0.5) is 0 Å². The second kappa shape index (κ2) is 11.3. The summed E-state index contributed by atoms with van der Waals surface area (Å²) in [5, 5.41) is 10.5. The molecule has 184 valence electrons. The van der Waals surface area contributed by atoms with Crippen molar-refractivity contribution in [3.05, 3.63) is 58.8 Å². The Morgan fingerprint density at radius 3 is 2.48 bits per heavy atom. The Balaban J connectivity index is 2.62. The summed E-state index contributed by atoms with van der Waals surface area (Å²) < 4.78 is 23.3. The van der Waals surface area contributed by atoms with E-state index in [0.29, 0.717) is 12.2 Å². The third-order valence-electron chi connectivity index (χ3n) is 6.54. The molecule has 2 rings (SSSR count). The van der Waals surface area contributed by atoms with Gasteiger partial charge in [-0.3, -0.25) is 0 Å². The van der Waals surface area contributed by atoms with Gasteiger partial charge in [-0.2, -0.15) is 0 Å². The predicted molar refractivity (Wildman–Crippen MR) is 129 cm³/mol. The summed E-state index contributed by atoms with van der Waals surface area (Å²) in [4.78, 5) is 12.1. The maximum atomic E-state index is 12.1. The highest BCUT2D eigenvalue weighted by atomic mass is 16.6. The number of esters is 1. The summed E-state index contributed by atoms with van der Waals surface area (Å²) in [6.07, 6.45) is 9.02. The van der Waals surface area contributed by atoms with Crippen molar-refractivity contribution in [2.24, 2.45) is 5.41 Å². The van der Waals surface area contributed by atoms with Crippen molar-refractivity contribution in [3.8, 4) is 0 Å². The number of aliphatic hydroxyl groups is 1. The van der Waals surface area contributed by atoms with Gasteiger partial charge in [0, 0.05) is 31.8 Å². The van der Waals surface area contributed by atoms with Gasteiger partial charge in [-0.15, -0.1) is 0 Å². The van der Waals surface area contributed by atoms with Crippen LogP contribution in [-0.2, 0) is 24.6 Å². The molecule has 1 heterocycles. The minimum atomic E-state index is -1.13. The van der Waals surface area contributed by atoms with Gasteiger partial charge in [0.05, 0.1) is 19.0 Å². The monoisotopic (exact) mass is 460 g/mol. The van der Waals surface area contributed by atoms with Gasteiger partial charge in [-0.25, -0.2) is 4.79 Å². The molecular weight excluding hydrogens is 420 g/mol. The van der Waals surface area contributed by atoms with E-state index in [2.05, 4.69) is 26.8 Å². The van der Waals surface area contributed by atoms with E-state index in [9.17, 15) is 9.90 Å². The maximum Gasteiger partial charge on any atom is 0.335 e. The van der Waals surface area contributed by atoms with Crippen LogP contribution in [0.1, 0.15) is 76.9 Å². The summed E-state index contributed by atoms with van der Waals surface area (Å²) in [5.74, 6) is 0.730. The van der Waals surface area contributed by atoms with Gasteiger partial charge in [0.1, 0.15) is 11.5 Å². The topological polar surface area (TPSA) is 78.1 Å². The molecule has 1 aliphatic carbocycles. The number of aliphatic hydroxyl groups excluding tert-OH is 1. The highest BCUT2D eigenvalue weighted by Gasteiger charge is 2.54. The van der Waals surface area contributed by atoms with Gasteiger partial charge in [0.2, 0.25) is 0 Å². The Morgan fingerprint density at radius 1 is 1.24 bits per heavy atom. The lowest BCUT2D eigenvalue weighted by atomic mass is 9.68. The van der Waals surface area contributed by atoms with E-state index in [1.165, 1.54) is 17.9 Å². The van der Waals surface area contributed by atoms with E-state index in [4.69, 9.17) is 18.6 Å². The van der Waals surface area contributed by atoms with Gasteiger partial charge >= 0.3 is 5.97 Å². The van der Waals surface area contributed by atoms with E-state index in [1.807, 2.05) is 32.9 Å². The first-order valence-corrected chi connectivity index (χ1v) is 11.5. The lowest BCUT2D eigenvalue weighted by molar-refractivity contribution is -0.165. The number of allylic oxidation sites excluding steroid dienone is 4. The van der Waals surface area contributed by atoms with Gasteiger partial charge in [0.15, 0.2) is 5.60 Å². The number of carbonyl (C=O) groups excluding carboxylic acids is 1. The standard InChI is InChI=1S/C27H40O6/c1-18(2)10-9-12-26(6)16-23(30-7)27(17-28,31-8)25-21(15-20(5)33-25)22(26)11-13-32-24(29)14-19(3)4/h10-11,13-15,22-23,28H,9,12,16-17H2,1-8H3.